The number of rotatable bonds is 3. The van der Waals surface area contributed by atoms with Crippen molar-refractivity contribution in [1.29, 1.82) is 0 Å². The summed E-state index contributed by atoms with van der Waals surface area (Å²) < 4.78 is 0. The molecule has 1 atom stereocenters. The van der Waals surface area contributed by atoms with Gasteiger partial charge in [0.25, 0.3) is 0 Å². The summed E-state index contributed by atoms with van der Waals surface area (Å²) in [5, 5.41) is 18.4. The predicted molar refractivity (Wildman–Crippen MR) is 67.1 cm³/mol. The number of hydrogen-bond acceptors (Lipinski definition) is 2. The minimum atomic E-state index is -0.989. The Morgan fingerprint density at radius 2 is 1.94 bits per heavy atom. The van der Waals surface area contributed by atoms with Gasteiger partial charge in [0.05, 0.1) is 12.5 Å². The second-order valence-corrected chi connectivity index (χ2v) is 5.44. The molecule has 17 heavy (non-hydrogen) atoms. The monoisotopic (exact) mass is 236 g/mol. The first-order valence-corrected chi connectivity index (χ1v) is 5.72. The molecule has 0 heterocycles. The molecule has 0 aromatic heterocycles. The number of aliphatic carboxylic acids is 1. The zero-order valence-corrected chi connectivity index (χ0v) is 10.8. The van der Waals surface area contributed by atoms with Gasteiger partial charge in [0.1, 0.15) is 0 Å². The summed E-state index contributed by atoms with van der Waals surface area (Å²) in [6.45, 7) is 8.26. The van der Waals surface area contributed by atoms with E-state index in [0.717, 1.165) is 5.56 Å². The highest BCUT2D eigenvalue weighted by Crippen LogP contribution is 2.27. The fraction of sp³-hybridized carbons (Fsp3) is 0.500. The van der Waals surface area contributed by atoms with Crippen molar-refractivity contribution in [3.8, 4) is 0 Å². The van der Waals surface area contributed by atoms with Crippen molar-refractivity contribution in [2.45, 2.75) is 45.6 Å². The number of carboxylic acids is 1. The van der Waals surface area contributed by atoms with Gasteiger partial charge in [-0.25, -0.2) is 0 Å². The van der Waals surface area contributed by atoms with Crippen LogP contribution in [0.25, 0.3) is 0 Å². The van der Waals surface area contributed by atoms with Gasteiger partial charge in [0.2, 0.25) is 0 Å². The molecule has 3 nitrogen and oxygen atoms in total. The smallest absolute Gasteiger partial charge is 0.306 e. The maximum absolute atomic E-state index is 10.6. The molecule has 0 aliphatic heterocycles. The van der Waals surface area contributed by atoms with Gasteiger partial charge in [-0.2, -0.15) is 0 Å². The third-order valence-corrected chi connectivity index (χ3v) is 2.86. The van der Waals surface area contributed by atoms with E-state index in [9.17, 15) is 9.90 Å². The summed E-state index contributed by atoms with van der Waals surface area (Å²) in [5.41, 5.74) is 2.87. The van der Waals surface area contributed by atoms with E-state index in [1.165, 1.54) is 5.56 Å². The van der Waals surface area contributed by atoms with E-state index < -0.39 is 12.1 Å². The van der Waals surface area contributed by atoms with E-state index >= 15 is 0 Å². The minimum Gasteiger partial charge on any atom is -0.481 e. The van der Waals surface area contributed by atoms with Crippen LogP contribution in [0.2, 0.25) is 0 Å². The van der Waals surface area contributed by atoms with Crippen molar-refractivity contribution in [2.75, 3.05) is 0 Å². The van der Waals surface area contributed by atoms with E-state index in [1.807, 2.05) is 25.1 Å². The van der Waals surface area contributed by atoms with Crippen LogP contribution in [0, 0.1) is 6.92 Å². The molecule has 0 aliphatic rings. The van der Waals surface area contributed by atoms with Crippen molar-refractivity contribution in [2.24, 2.45) is 0 Å². The number of aryl methyl sites for hydroxylation is 1. The van der Waals surface area contributed by atoms with Gasteiger partial charge in [-0.15, -0.1) is 0 Å². The quantitative estimate of drug-likeness (QED) is 0.848. The number of carbonyl (C=O) groups is 1. The largest absolute Gasteiger partial charge is 0.481 e. The fourth-order valence-corrected chi connectivity index (χ4v) is 1.79. The van der Waals surface area contributed by atoms with Crippen LogP contribution in [0.1, 0.15) is 50.0 Å². The molecule has 0 fully saturated rings. The molecular weight excluding hydrogens is 216 g/mol. The third kappa shape index (κ3) is 3.56. The van der Waals surface area contributed by atoms with E-state index in [0.29, 0.717) is 5.56 Å². The Bertz CT molecular complexity index is 416. The summed E-state index contributed by atoms with van der Waals surface area (Å²) in [5.74, 6) is -0.989. The maximum atomic E-state index is 10.6. The molecule has 0 aliphatic carbocycles. The summed E-state index contributed by atoms with van der Waals surface area (Å²) in [6.07, 6.45) is -1.18. The normalized spacial score (nSPS) is 13.5. The van der Waals surface area contributed by atoms with Gasteiger partial charge in [-0.3, -0.25) is 4.79 Å². The summed E-state index contributed by atoms with van der Waals surface area (Å²) in [7, 11) is 0. The lowest BCUT2D eigenvalue weighted by molar-refractivity contribution is -0.139. The number of hydrogen-bond donors (Lipinski definition) is 2. The first kappa shape index (κ1) is 13.7. The second-order valence-electron chi connectivity index (χ2n) is 5.44. The molecule has 0 amide bonds. The van der Waals surface area contributed by atoms with Gasteiger partial charge in [0, 0.05) is 0 Å². The number of aliphatic hydroxyl groups excluding tert-OH is 1. The Labute approximate surface area is 102 Å². The van der Waals surface area contributed by atoms with Gasteiger partial charge < -0.3 is 10.2 Å². The predicted octanol–water partition coefficient (Wildman–Crippen LogP) is 2.80. The molecule has 1 aromatic rings. The topological polar surface area (TPSA) is 57.5 Å². The highest BCUT2D eigenvalue weighted by Gasteiger charge is 2.18. The molecule has 0 spiro atoms. The van der Waals surface area contributed by atoms with Crippen LogP contribution in [0.3, 0.4) is 0 Å². The van der Waals surface area contributed by atoms with Crippen LogP contribution < -0.4 is 0 Å². The zero-order valence-electron chi connectivity index (χ0n) is 10.8. The first-order chi connectivity index (χ1) is 7.71. The lowest BCUT2D eigenvalue weighted by Gasteiger charge is -2.21. The van der Waals surface area contributed by atoms with Crippen molar-refractivity contribution in [3.63, 3.8) is 0 Å². The molecule has 3 heteroatoms. The van der Waals surface area contributed by atoms with Gasteiger partial charge >= 0.3 is 5.97 Å². The highest BCUT2D eigenvalue weighted by atomic mass is 16.4. The van der Waals surface area contributed by atoms with Crippen molar-refractivity contribution in [1.82, 2.24) is 0 Å². The average molecular weight is 236 g/mol. The standard InChI is InChI=1S/C14H20O3/c1-9-7-10(14(2,3)4)5-6-11(9)12(15)8-13(16)17/h5-7,12,15H,8H2,1-4H3,(H,16,17). The number of carboxylic acid groups (broad SMARTS) is 1. The van der Waals surface area contributed by atoms with Crippen LogP contribution >= 0.6 is 0 Å². The number of benzene rings is 1. The van der Waals surface area contributed by atoms with E-state index in [1.54, 1.807) is 0 Å². The molecule has 1 aromatic carbocycles. The maximum Gasteiger partial charge on any atom is 0.306 e. The summed E-state index contributed by atoms with van der Waals surface area (Å²) in [4.78, 5) is 10.6. The first-order valence-electron chi connectivity index (χ1n) is 5.72. The van der Waals surface area contributed by atoms with Crippen LogP contribution in [0.15, 0.2) is 18.2 Å². The van der Waals surface area contributed by atoms with Crippen molar-refractivity contribution in [3.05, 3.63) is 34.9 Å². The Balaban J connectivity index is 3.02. The third-order valence-electron chi connectivity index (χ3n) is 2.86. The molecule has 1 unspecified atom stereocenters. The molecule has 2 N–H and O–H groups in total. The van der Waals surface area contributed by atoms with Crippen LogP contribution in [0.5, 0.6) is 0 Å². The minimum absolute atomic E-state index is 0.0566. The lowest BCUT2D eigenvalue weighted by Crippen LogP contribution is -2.13. The Kier molecular flexibility index (Phi) is 3.94. The van der Waals surface area contributed by atoms with E-state index in [2.05, 4.69) is 20.8 Å². The molecule has 0 radical (unpaired) electrons. The SMILES string of the molecule is Cc1cc(C(C)(C)C)ccc1C(O)CC(=O)O. The van der Waals surface area contributed by atoms with Crippen LogP contribution in [0.4, 0.5) is 0 Å². The summed E-state index contributed by atoms with van der Waals surface area (Å²) in [6, 6.07) is 5.79. The highest BCUT2D eigenvalue weighted by molar-refractivity contribution is 5.67. The summed E-state index contributed by atoms with van der Waals surface area (Å²) >= 11 is 0. The average Bonchev–Trinajstić information content (AvgIpc) is 2.14. The van der Waals surface area contributed by atoms with Crippen molar-refractivity contribution < 1.29 is 15.0 Å². The van der Waals surface area contributed by atoms with Crippen molar-refractivity contribution >= 4 is 5.97 Å². The molecule has 0 saturated heterocycles. The molecular formula is C14H20O3. The van der Waals surface area contributed by atoms with E-state index in [4.69, 9.17) is 5.11 Å². The molecule has 94 valence electrons. The van der Waals surface area contributed by atoms with Crippen LogP contribution in [-0.4, -0.2) is 16.2 Å². The van der Waals surface area contributed by atoms with E-state index in [-0.39, 0.29) is 11.8 Å². The molecule has 0 saturated carbocycles. The van der Waals surface area contributed by atoms with Gasteiger partial charge in [-0.05, 0) is 29.0 Å². The molecule has 0 bridgehead atoms. The Hall–Kier alpha value is -1.35. The fourth-order valence-electron chi connectivity index (χ4n) is 1.79. The lowest BCUT2D eigenvalue weighted by atomic mass is 9.84. The molecule has 1 rings (SSSR count). The Morgan fingerprint density at radius 3 is 2.35 bits per heavy atom. The van der Waals surface area contributed by atoms with Gasteiger partial charge in [-0.1, -0.05) is 39.0 Å². The van der Waals surface area contributed by atoms with Gasteiger partial charge in [0.15, 0.2) is 0 Å². The number of aliphatic hydroxyl groups is 1. The Morgan fingerprint density at radius 1 is 1.35 bits per heavy atom. The zero-order chi connectivity index (χ0) is 13.2. The van der Waals surface area contributed by atoms with Crippen LogP contribution in [-0.2, 0) is 10.2 Å². The second kappa shape index (κ2) is 4.88.